The topological polar surface area (TPSA) is 37.4 Å². The first-order chi connectivity index (χ1) is 6.83. The first-order valence-corrected chi connectivity index (χ1v) is 5.04. The predicted molar refractivity (Wildman–Crippen MR) is 50.6 cm³/mol. The summed E-state index contributed by atoms with van der Waals surface area (Å²) in [5, 5.41) is 0. The van der Waals surface area contributed by atoms with Gasteiger partial charge in [0.2, 0.25) is 5.78 Å². The minimum absolute atomic E-state index is 0.0235. The molecule has 1 aliphatic heterocycles. The lowest BCUT2D eigenvalue weighted by Crippen LogP contribution is -2.46. The van der Waals surface area contributed by atoms with Crippen LogP contribution in [0.5, 0.6) is 0 Å². The van der Waals surface area contributed by atoms with Crippen molar-refractivity contribution < 1.29 is 18.4 Å². The third kappa shape index (κ3) is 2.97. The molecule has 1 heterocycles. The molecule has 3 nitrogen and oxygen atoms in total. The van der Waals surface area contributed by atoms with Gasteiger partial charge in [-0.2, -0.15) is 0 Å². The summed E-state index contributed by atoms with van der Waals surface area (Å²) in [5.74, 6) is -4.18. The Bertz CT molecular complexity index is 267. The highest BCUT2D eigenvalue weighted by atomic mass is 19.3. The summed E-state index contributed by atoms with van der Waals surface area (Å²) < 4.78 is 25.6. The molecule has 0 spiro atoms. The van der Waals surface area contributed by atoms with E-state index < -0.39 is 17.6 Å². The zero-order valence-electron chi connectivity index (χ0n) is 8.93. The molecule has 0 aliphatic carbocycles. The molecule has 15 heavy (non-hydrogen) atoms. The smallest absolute Gasteiger partial charge is 0.290 e. The number of ketones is 1. The van der Waals surface area contributed by atoms with Crippen LogP contribution in [0.4, 0.5) is 8.78 Å². The zero-order valence-corrected chi connectivity index (χ0v) is 8.93. The molecule has 1 fully saturated rings. The van der Waals surface area contributed by atoms with Crippen LogP contribution in [0, 0.1) is 5.92 Å². The van der Waals surface area contributed by atoms with Gasteiger partial charge < -0.3 is 4.90 Å². The largest absolute Gasteiger partial charge is 0.336 e. The maximum atomic E-state index is 12.8. The monoisotopic (exact) mass is 219 g/mol. The molecule has 5 heteroatoms. The van der Waals surface area contributed by atoms with Crippen molar-refractivity contribution >= 4 is 11.7 Å². The fourth-order valence-corrected chi connectivity index (χ4v) is 1.44. The number of piperidine rings is 1. The first-order valence-electron chi connectivity index (χ1n) is 5.04. The van der Waals surface area contributed by atoms with Gasteiger partial charge in [-0.3, -0.25) is 9.59 Å². The third-order valence-electron chi connectivity index (χ3n) is 2.52. The summed E-state index contributed by atoms with van der Waals surface area (Å²) in [7, 11) is 0. The summed E-state index contributed by atoms with van der Waals surface area (Å²) >= 11 is 0. The van der Waals surface area contributed by atoms with Crippen LogP contribution in [0.2, 0.25) is 0 Å². The van der Waals surface area contributed by atoms with E-state index in [0.717, 1.165) is 0 Å². The Morgan fingerprint density at radius 1 is 1.20 bits per heavy atom. The lowest BCUT2D eigenvalue weighted by molar-refractivity contribution is -0.150. The summed E-state index contributed by atoms with van der Waals surface area (Å²) in [5.41, 5.74) is 0. The standard InChI is InChI=1S/C10H15F2NO2/c1-7(2)8(14)9(15)13-5-3-10(11,12)4-6-13/h7H,3-6H2,1-2H3. The summed E-state index contributed by atoms with van der Waals surface area (Å²) in [6.45, 7) is 3.20. The molecule has 0 aromatic heterocycles. The van der Waals surface area contributed by atoms with E-state index in [0.29, 0.717) is 0 Å². The number of hydrogen-bond acceptors (Lipinski definition) is 2. The van der Waals surface area contributed by atoms with Crippen molar-refractivity contribution in [2.45, 2.75) is 32.6 Å². The minimum Gasteiger partial charge on any atom is -0.336 e. The Kier molecular flexibility index (Phi) is 3.42. The molecular formula is C10H15F2NO2. The molecule has 0 atom stereocenters. The Morgan fingerprint density at radius 2 is 1.67 bits per heavy atom. The fraction of sp³-hybridized carbons (Fsp3) is 0.800. The van der Waals surface area contributed by atoms with Crippen LogP contribution in [0.25, 0.3) is 0 Å². The highest BCUT2D eigenvalue weighted by molar-refractivity contribution is 6.36. The van der Waals surface area contributed by atoms with Crippen LogP contribution >= 0.6 is 0 Å². The highest BCUT2D eigenvalue weighted by Crippen LogP contribution is 2.27. The Labute approximate surface area is 87.4 Å². The third-order valence-corrected chi connectivity index (χ3v) is 2.52. The van der Waals surface area contributed by atoms with Gasteiger partial charge in [-0.15, -0.1) is 0 Å². The molecule has 1 saturated heterocycles. The van der Waals surface area contributed by atoms with E-state index in [2.05, 4.69) is 0 Å². The predicted octanol–water partition coefficient (Wildman–Crippen LogP) is 1.47. The van der Waals surface area contributed by atoms with Crippen molar-refractivity contribution in [3.8, 4) is 0 Å². The van der Waals surface area contributed by atoms with Crippen LogP contribution in [-0.4, -0.2) is 35.6 Å². The van der Waals surface area contributed by atoms with E-state index in [-0.39, 0.29) is 31.8 Å². The second kappa shape index (κ2) is 4.24. The SMILES string of the molecule is CC(C)C(=O)C(=O)N1CCC(F)(F)CC1. The van der Waals surface area contributed by atoms with Gasteiger partial charge in [0.05, 0.1) is 0 Å². The van der Waals surface area contributed by atoms with Gasteiger partial charge in [-0.1, -0.05) is 13.8 Å². The van der Waals surface area contributed by atoms with E-state index in [1.807, 2.05) is 0 Å². The van der Waals surface area contributed by atoms with Crippen molar-refractivity contribution in [3.63, 3.8) is 0 Å². The first kappa shape index (κ1) is 12.1. The molecule has 0 saturated carbocycles. The molecule has 0 bridgehead atoms. The maximum Gasteiger partial charge on any atom is 0.290 e. The second-order valence-electron chi connectivity index (χ2n) is 4.17. The van der Waals surface area contributed by atoms with Gasteiger partial charge >= 0.3 is 0 Å². The molecule has 0 aromatic carbocycles. The number of halogens is 2. The highest BCUT2D eigenvalue weighted by Gasteiger charge is 2.37. The van der Waals surface area contributed by atoms with E-state index in [1.54, 1.807) is 13.8 Å². The van der Waals surface area contributed by atoms with E-state index >= 15 is 0 Å². The number of carbonyl (C=O) groups excluding carboxylic acids is 2. The molecule has 1 aliphatic rings. The van der Waals surface area contributed by atoms with Crippen LogP contribution in [0.1, 0.15) is 26.7 Å². The average Bonchev–Trinajstić information content (AvgIpc) is 2.15. The van der Waals surface area contributed by atoms with Crippen molar-refractivity contribution in [2.75, 3.05) is 13.1 Å². The van der Waals surface area contributed by atoms with Gasteiger partial charge in [0.1, 0.15) is 0 Å². The molecule has 1 rings (SSSR count). The number of hydrogen-bond donors (Lipinski definition) is 0. The number of Topliss-reactive ketones (excluding diaryl/α,β-unsaturated/α-hetero) is 1. The van der Waals surface area contributed by atoms with Crippen molar-refractivity contribution in [1.29, 1.82) is 0 Å². The van der Waals surface area contributed by atoms with Gasteiger partial charge in [0.15, 0.2) is 0 Å². The normalized spacial score (nSPS) is 20.5. The molecular weight excluding hydrogens is 204 g/mol. The second-order valence-corrected chi connectivity index (χ2v) is 4.17. The fourth-order valence-electron chi connectivity index (χ4n) is 1.44. The number of likely N-dealkylation sites (tertiary alicyclic amines) is 1. The number of carbonyl (C=O) groups is 2. The summed E-state index contributed by atoms with van der Waals surface area (Å²) in [4.78, 5) is 24.0. The molecule has 0 aromatic rings. The maximum absolute atomic E-state index is 12.8. The lowest BCUT2D eigenvalue weighted by Gasteiger charge is -2.31. The quantitative estimate of drug-likeness (QED) is 0.659. The molecule has 0 N–H and O–H groups in total. The number of nitrogens with zero attached hydrogens (tertiary/aromatic N) is 1. The average molecular weight is 219 g/mol. The van der Waals surface area contributed by atoms with Crippen LogP contribution in [0.3, 0.4) is 0 Å². The Balaban J connectivity index is 2.54. The Hall–Kier alpha value is -1.00. The molecule has 86 valence electrons. The number of amides is 1. The minimum atomic E-state index is -2.68. The van der Waals surface area contributed by atoms with Crippen molar-refractivity contribution in [2.24, 2.45) is 5.92 Å². The van der Waals surface area contributed by atoms with Gasteiger partial charge in [-0.05, 0) is 0 Å². The molecule has 0 radical (unpaired) electrons. The van der Waals surface area contributed by atoms with Gasteiger partial charge in [-0.25, -0.2) is 8.78 Å². The van der Waals surface area contributed by atoms with E-state index in [4.69, 9.17) is 0 Å². The van der Waals surface area contributed by atoms with Crippen molar-refractivity contribution in [3.05, 3.63) is 0 Å². The van der Waals surface area contributed by atoms with E-state index in [1.165, 1.54) is 4.90 Å². The van der Waals surface area contributed by atoms with Crippen LogP contribution < -0.4 is 0 Å². The Morgan fingerprint density at radius 3 is 2.07 bits per heavy atom. The van der Waals surface area contributed by atoms with Crippen molar-refractivity contribution in [1.82, 2.24) is 4.90 Å². The number of rotatable bonds is 2. The van der Waals surface area contributed by atoms with Gasteiger partial charge in [0, 0.05) is 31.8 Å². The zero-order chi connectivity index (χ0) is 11.6. The number of alkyl halides is 2. The van der Waals surface area contributed by atoms with Gasteiger partial charge in [0.25, 0.3) is 11.8 Å². The summed E-state index contributed by atoms with van der Waals surface area (Å²) in [6.07, 6.45) is -0.686. The molecule has 0 unspecified atom stereocenters. The van der Waals surface area contributed by atoms with E-state index in [9.17, 15) is 18.4 Å². The van der Waals surface area contributed by atoms with Crippen LogP contribution in [-0.2, 0) is 9.59 Å². The summed E-state index contributed by atoms with van der Waals surface area (Å²) in [6, 6.07) is 0. The molecule has 1 amide bonds. The lowest BCUT2D eigenvalue weighted by atomic mass is 10.0. The van der Waals surface area contributed by atoms with Crippen LogP contribution in [0.15, 0.2) is 0 Å².